The third-order valence-corrected chi connectivity index (χ3v) is 3.23. The van der Waals surface area contributed by atoms with Gasteiger partial charge in [-0.25, -0.2) is 0 Å². The minimum absolute atomic E-state index is 0.111. The number of pyridine rings is 1. The zero-order valence-corrected chi connectivity index (χ0v) is 11.6. The van der Waals surface area contributed by atoms with Crippen molar-refractivity contribution in [1.82, 2.24) is 4.98 Å². The van der Waals surface area contributed by atoms with E-state index in [2.05, 4.69) is 23.3 Å². The number of non-ortho nitro benzene ring substituents is 1. The molecule has 0 atom stereocenters. The predicted molar refractivity (Wildman–Crippen MR) is 78.8 cm³/mol. The van der Waals surface area contributed by atoms with E-state index in [0.717, 1.165) is 23.4 Å². The summed E-state index contributed by atoms with van der Waals surface area (Å²) in [6, 6.07) is 8.81. The number of nitrogens with zero attached hydrogens (tertiary/aromatic N) is 2. The van der Waals surface area contributed by atoms with Gasteiger partial charge in [0.2, 0.25) is 0 Å². The first-order valence-corrected chi connectivity index (χ1v) is 6.53. The van der Waals surface area contributed by atoms with Crippen molar-refractivity contribution >= 4 is 11.4 Å². The Balaban J connectivity index is 2.13. The van der Waals surface area contributed by atoms with Crippen LogP contribution < -0.4 is 5.32 Å². The summed E-state index contributed by atoms with van der Waals surface area (Å²) < 4.78 is 0. The number of benzene rings is 1. The van der Waals surface area contributed by atoms with Crippen molar-refractivity contribution < 1.29 is 4.92 Å². The average molecular weight is 271 g/mol. The Morgan fingerprint density at radius 3 is 2.80 bits per heavy atom. The van der Waals surface area contributed by atoms with Gasteiger partial charge in [-0.2, -0.15) is 0 Å². The van der Waals surface area contributed by atoms with E-state index < -0.39 is 0 Å². The largest absolute Gasteiger partial charge is 0.379 e. The van der Waals surface area contributed by atoms with Crippen LogP contribution in [0, 0.1) is 17.0 Å². The molecule has 1 aromatic carbocycles. The fraction of sp³-hybridized carbons (Fsp3) is 0.267. The molecule has 2 rings (SSSR count). The van der Waals surface area contributed by atoms with Gasteiger partial charge in [0.05, 0.1) is 17.2 Å². The summed E-state index contributed by atoms with van der Waals surface area (Å²) in [7, 11) is 0. The first kappa shape index (κ1) is 14.0. The van der Waals surface area contributed by atoms with Crippen LogP contribution >= 0.6 is 0 Å². The molecule has 0 aliphatic rings. The summed E-state index contributed by atoms with van der Waals surface area (Å²) in [5.41, 5.74) is 4.07. The van der Waals surface area contributed by atoms with E-state index in [1.54, 1.807) is 18.3 Å². The molecule has 104 valence electrons. The first-order chi connectivity index (χ1) is 9.61. The lowest BCUT2D eigenvalue weighted by Gasteiger charge is -2.11. The monoisotopic (exact) mass is 271 g/mol. The van der Waals surface area contributed by atoms with Crippen molar-refractivity contribution in [2.75, 3.05) is 5.32 Å². The van der Waals surface area contributed by atoms with Crippen molar-refractivity contribution in [3.63, 3.8) is 0 Å². The minimum atomic E-state index is -0.384. The fourth-order valence-electron chi connectivity index (χ4n) is 2.09. The summed E-state index contributed by atoms with van der Waals surface area (Å²) in [5.74, 6) is 0. The Morgan fingerprint density at radius 2 is 2.15 bits per heavy atom. The van der Waals surface area contributed by atoms with Crippen LogP contribution in [0.3, 0.4) is 0 Å². The Morgan fingerprint density at radius 1 is 1.35 bits per heavy atom. The zero-order chi connectivity index (χ0) is 14.5. The van der Waals surface area contributed by atoms with Crippen LogP contribution in [-0.4, -0.2) is 9.91 Å². The molecule has 5 nitrogen and oxygen atoms in total. The van der Waals surface area contributed by atoms with Crippen molar-refractivity contribution in [3.8, 4) is 0 Å². The SMILES string of the molecule is CCc1cccnc1CNc1ccc([N+](=O)[O-])cc1C. The molecule has 0 bridgehead atoms. The molecule has 1 heterocycles. The Labute approximate surface area is 117 Å². The number of hydrogen-bond donors (Lipinski definition) is 1. The molecule has 0 radical (unpaired) electrons. The zero-order valence-electron chi connectivity index (χ0n) is 11.6. The summed E-state index contributed by atoms with van der Waals surface area (Å²) in [6.07, 6.45) is 2.71. The number of hydrogen-bond acceptors (Lipinski definition) is 4. The van der Waals surface area contributed by atoms with Crippen LogP contribution in [0.5, 0.6) is 0 Å². The maximum atomic E-state index is 10.7. The van der Waals surface area contributed by atoms with Crippen molar-refractivity contribution in [2.24, 2.45) is 0 Å². The third kappa shape index (κ3) is 3.12. The van der Waals surface area contributed by atoms with Crippen molar-refractivity contribution in [2.45, 2.75) is 26.8 Å². The van der Waals surface area contributed by atoms with E-state index in [4.69, 9.17) is 0 Å². The molecule has 0 saturated heterocycles. The lowest BCUT2D eigenvalue weighted by atomic mass is 10.1. The Bertz CT molecular complexity index is 626. The van der Waals surface area contributed by atoms with E-state index >= 15 is 0 Å². The maximum absolute atomic E-state index is 10.7. The second-order valence-electron chi connectivity index (χ2n) is 4.57. The van der Waals surface area contributed by atoms with Gasteiger partial charge in [0.15, 0.2) is 0 Å². The Hall–Kier alpha value is -2.43. The lowest BCUT2D eigenvalue weighted by molar-refractivity contribution is -0.384. The summed E-state index contributed by atoms with van der Waals surface area (Å²) in [5, 5.41) is 14.0. The predicted octanol–water partition coefficient (Wildman–Crippen LogP) is 3.47. The molecule has 0 unspecified atom stereocenters. The van der Waals surface area contributed by atoms with Gasteiger partial charge in [0.25, 0.3) is 5.69 Å². The van der Waals surface area contributed by atoms with E-state index in [1.165, 1.54) is 11.6 Å². The van der Waals surface area contributed by atoms with Gasteiger partial charge in [-0.1, -0.05) is 13.0 Å². The summed E-state index contributed by atoms with van der Waals surface area (Å²) >= 11 is 0. The van der Waals surface area contributed by atoms with E-state index in [0.29, 0.717) is 6.54 Å². The summed E-state index contributed by atoms with van der Waals surface area (Å²) in [4.78, 5) is 14.7. The van der Waals surface area contributed by atoms with Crippen LogP contribution in [0.1, 0.15) is 23.7 Å². The first-order valence-electron chi connectivity index (χ1n) is 6.53. The molecule has 0 saturated carbocycles. The number of aromatic nitrogens is 1. The molecule has 0 amide bonds. The number of nitro benzene ring substituents is 1. The van der Waals surface area contributed by atoms with E-state index in [9.17, 15) is 10.1 Å². The number of nitro groups is 1. The second kappa shape index (κ2) is 6.14. The topological polar surface area (TPSA) is 68.1 Å². The quantitative estimate of drug-likeness (QED) is 0.667. The van der Waals surface area contributed by atoms with E-state index in [-0.39, 0.29) is 10.6 Å². The smallest absolute Gasteiger partial charge is 0.269 e. The van der Waals surface area contributed by atoms with Crippen LogP contribution in [0.25, 0.3) is 0 Å². The van der Waals surface area contributed by atoms with Crippen LogP contribution in [0.15, 0.2) is 36.5 Å². The van der Waals surface area contributed by atoms with Gasteiger partial charge in [-0.15, -0.1) is 0 Å². The van der Waals surface area contributed by atoms with Gasteiger partial charge in [0.1, 0.15) is 0 Å². The van der Waals surface area contributed by atoms with Gasteiger partial charge < -0.3 is 5.32 Å². The maximum Gasteiger partial charge on any atom is 0.269 e. The van der Waals surface area contributed by atoms with E-state index in [1.807, 2.05) is 13.0 Å². The number of anilines is 1. The molecule has 5 heteroatoms. The molecule has 0 aliphatic heterocycles. The van der Waals surface area contributed by atoms with Gasteiger partial charge in [-0.3, -0.25) is 15.1 Å². The molecular weight excluding hydrogens is 254 g/mol. The highest BCUT2D eigenvalue weighted by molar-refractivity contribution is 5.55. The second-order valence-corrected chi connectivity index (χ2v) is 4.57. The molecule has 20 heavy (non-hydrogen) atoms. The fourth-order valence-corrected chi connectivity index (χ4v) is 2.09. The molecular formula is C15H17N3O2. The highest BCUT2D eigenvalue weighted by atomic mass is 16.6. The van der Waals surface area contributed by atoms with Crippen LogP contribution in [0.2, 0.25) is 0 Å². The van der Waals surface area contributed by atoms with Crippen LogP contribution in [0.4, 0.5) is 11.4 Å². The normalized spacial score (nSPS) is 10.3. The highest BCUT2D eigenvalue weighted by Crippen LogP contribution is 2.21. The molecule has 0 aliphatic carbocycles. The molecule has 0 fully saturated rings. The molecule has 2 aromatic rings. The van der Waals surface area contributed by atoms with Gasteiger partial charge in [0, 0.05) is 24.0 Å². The van der Waals surface area contributed by atoms with Gasteiger partial charge in [-0.05, 0) is 36.6 Å². The van der Waals surface area contributed by atoms with Crippen molar-refractivity contribution in [1.29, 1.82) is 0 Å². The molecule has 0 spiro atoms. The summed E-state index contributed by atoms with van der Waals surface area (Å²) in [6.45, 7) is 4.56. The third-order valence-electron chi connectivity index (χ3n) is 3.23. The molecule has 1 aromatic heterocycles. The van der Waals surface area contributed by atoms with Crippen molar-refractivity contribution in [3.05, 3.63) is 63.5 Å². The number of rotatable bonds is 5. The minimum Gasteiger partial charge on any atom is -0.379 e. The average Bonchev–Trinajstić information content (AvgIpc) is 2.46. The standard InChI is InChI=1S/C15H17N3O2/c1-3-12-5-4-8-16-15(12)10-17-14-7-6-13(18(19)20)9-11(14)2/h4-9,17H,3,10H2,1-2H3. The van der Waals surface area contributed by atoms with Gasteiger partial charge >= 0.3 is 0 Å². The lowest BCUT2D eigenvalue weighted by Crippen LogP contribution is -2.06. The number of nitrogens with one attached hydrogen (secondary N) is 1. The Kier molecular flexibility index (Phi) is 4.30. The van der Waals surface area contributed by atoms with Crippen LogP contribution in [-0.2, 0) is 13.0 Å². The molecule has 1 N–H and O–H groups in total. The highest BCUT2D eigenvalue weighted by Gasteiger charge is 2.08. The number of aryl methyl sites for hydroxylation is 2.